The molecule has 0 aromatic carbocycles. The molecule has 1 spiro atoms. The van der Waals surface area contributed by atoms with E-state index >= 15 is 0 Å². The van der Waals surface area contributed by atoms with Crippen LogP contribution >= 0.6 is 23.5 Å². The second kappa shape index (κ2) is 3.43. The summed E-state index contributed by atoms with van der Waals surface area (Å²) >= 11 is 4.00. The van der Waals surface area contributed by atoms with Crippen molar-refractivity contribution in [1.29, 1.82) is 0 Å². The maximum absolute atomic E-state index is 10.0. The molecule has 1 heterocycles. The first-order valence-electron chi connectivity index (χ1n) is 4.70. The number of hydrogen-bond donors (Lipinski definition) is 1. The molecule has 3 heteroatoms. The molecule has 2 rings (SSSR count). The molecule has 0 bridgehead atoms. The normalized spacial score (nSPS) is 40.5. The molecule has 1 N–H and O–H groups in total. The first-order chi connectivity index (χ1) is 5.75. The van der Waals surface area contributed by atoms with Gasteiger partial charge in [0.25, 0.3) is 0 Å². The zero-order valence-electron chi connectivity index (χ0n) is 7.45. The van der Waals surface area contributed by atoms with E-state index in [9.17, 15) is 5.11 Å². The molecule has 0 unspecified atom stereocenters. The lowest BCUT2D eigenvalue weighted by Crippen LogP contribution is -2.35. The Morgan fingerprint density at radius 1 is 1.33 bits per heavy atom. The molecule has 0 aromatic heterocycles. The number of thioether (sulfide) groups is 2. The van der Waals surface area contributed by atoms with Gasteiger partial charge in [0.15, 0.2) is 0 Å². The first kappa shape index (κ1) is 9.22. The number of aliphatic hydroxyl groups excluding tert-OH is 1. The van der Waals surface area contributed by atoms with Gasteiger partial charge in [-0.3, -0.25) is 0 Å². The fraction of sp³-hybridized carbons (Fsp3) is 1.00. The summed E-state index contributed by atoms with van der Waals surface area (Å²) < 4.78 is 0.192. The molecule has 2 atom stereocenters. The summed E-state index contributed by atoms with van der Waals surface area (Å²) in [6.45, 7) is 2.18. The van der Waals surface area contributed by atoms with Crippen LogP contribution in [0.1, 0.15) is 26.2 Å². The van der Waals surface area contributed by atoms with Gasteiger partial charge in [-0.25, -0.2) is 0 Å². The molecule has 2 fully saturated rings. The standard InChI is InChI=1S/C9H16OS2/c1-7-3-4-9(8(7)10)11-5-2-6-12-9/h7-8,10H,2-6H2,1H3/t7-,8-/m1/s1. The minimum Gasteiger partial charge on any atom is -0.391 e. The van der Waals surface area contributed by atoms with E-state index in [4.69, 9.17) is 0 Å². The summed E-state index contributed by atoms with van der Waals surface area (Å²) in [5.74, 6) is 3.01. The van der Waals surface area contributed by atoms with Gasteiger partial charge in [0, 0.05) is 0 Å². The predicted molar refractivity (Wildman–Crippen MR) is 56.7 cm³/mol. The summed E-state index contributed by atoms with van der Waals surface area (Å²) in [6, 6.07) is 0. The van der Waals surface area contributed by atoms with Crippen LogP contribution in [0.4, 0.5) is 0 Å². The first-order valence-corrected chi connectivity index (χ1v) is 6.68. The Balaban J connectivity index is 2.09. The van der Waals surface area contributed by atoms with Crippen LogP contribution in [0.3, 0.4) is 0 Å². The van der Waals surface area contributed by atoms with Crippen molar-refractivity contribution in [1.82, 2.24) is 0 Å². The van der Waals surface area contributed by atoms with Crippen molar-refractivity contribution in [2.75, 3.05) is 11.5 Å². The van der Waals surface area contributed by atoms with Gasteiger partial charge >= 0.3 is 0 Å². The number of rotatable bonds is 0. The summed E-state index contributed by atoms with van der Waals surface area (Å²) in [7, 11) is 0. The second-order valence-corrected chi connectivity index (χ2v) is 6.93. The van der Waals surface area contributed by atoms with Crippen molar-refractivity contribution in [3.63, 3.8) is 0 Å². The Bertz CT molecular complexity index is 160. The van der Waals surface area contributed by atoms with Crippen LogP contribution in [0.15, 0.2) is 0 Å². The highest BCUT2D eigenvalue weighted by Gasteiger charge is 2.47. The molecule has 0 radical (unpaired) electrons. The van der Waals surface area contributed by atoms with Gasteiger partial charge in [-0.1, -0.05) is 6.92 Å². The van der Waals surface area contributed by atoms with E-state index in [1.807, 2.05) is 23.5 Å². The highest BCUT2D eigenvalue weighted by atomic mass is 32.2. The van der Waals surface area contributed by atoms with Crippen molar-refractivity contribution < 1.29 is 5.11 Å². The van der Waals surface area contributed by atoms with Crippen molar-refractivity contribution in [3.05, 3.63) is 0 Å². The van der Waals surface area contributed by atoms with Crippen molar-refractivity contribution in [3.8, 4) is 0 Å². The predicted octanol–water partition coefficient (Wildman–Crippen LogP) is 2.34. The Kier molecular flexibility index (Phi) is 2.64. The lowest BCUT2D eigenvalue weighted by atomic mass is 10.1. The summed E-state index contributed by atoms with van der Waals surface area (Å²) in [4.78, 5) is 0. The Morgan fingerprint density at radius 3 is 2.50 bits per heavy atom. The number of aliphatic hydroxyl groups is 1. The van der Waals surface area contributed by atoms with E-state index in [2.05, 4.69) is 6.92 Å². The quantitative estimate of drug-likeness (QED) is 0.654. The van der Waals surface area contributed by atoms with Crippen molar-refractivity contribution in [2.45, 2.75) is 36.4 Å². The fourth-order valence-electron chi connectivity index (χ4n) is 2.07. The molecule has 1 aliphatic carbocycles. The minimum atomic E-state index is -0.0622. The lowest BCUT2D eigenvalue weighted by molar-refractivity contribution is 0.138. The van der Waals surface area contributed by atoms with Gasteiger partial charge in [-0.2, -0.15) is 0 Å². The van der Waals surface area contributed by atoms with Crippen LogP contribution in [0.2, 0.25) is 0 Å². The maximum atomic E-state index is 10.0. The van der Waals surface area contributed by atoms with E-state index in [-0.39, 0.29) is 10.2 Å². The molecule has 1 saturated heterocycles. The SMILES string of the molecule is C[C@@H]1CCC2(SCCCS2)[C@@H]1O. The summed E-state index contributed by atoms with van der Waals surface area (Å²) in [5, 5.41) is 10.0. The van der Waals surface area contributed by atoms with Crippen LogP contribution in [0.25, 0.3) is 0 Å². The second-order valence-electron chi connectivity index (χ2n) is 3.82. The third-order valence-electron chi connectivity index (χ3n) is 2.92. The molecule has 1 saturated carbocycles. The third kappa shape index (κ3) is 1.40. The largest absolute Gasteiger partial charge is 0.391 e. The smallest absolute Gasteiger partial charge is 0.0871 e. The van der Waals surface area contributed by atoms with Gasteiger partial charge in [0.2, 0.25) is 0 Å². The topological polar surface area (TPSA) is 20.2 Å². The Hall–Kier alpha value is 0.660. The molecule has 0 amide bonds. The van der Waals surface area contributed by atoms with Crippen molar-refractivity contribution >= 4 is 23.5 Å². The zero-order valence-corrected chi connectivity index (χ0v) is 9.09. The average molecular weight is 204 g/mol. The highest BCUT2D eigenvalue weighted by Crippen LogP contribution is 2.54. The van der Waals surface area contributed by atoms with Gasteiger partial charge in [-0.05, 0) is 36.7 Å². The third-order valence-corrected chi connectivity index (χ3v) is 6.48. The Morgan fingerprint density at radius 2 is 2.00 bits per heavy atom. The Labute approximate surface area is 82.7 Å². The zero-order chi connectivity index (χ0) is 8.60. The molecule has 1 nitrogen and oxygen atoms in total. The molecular formula is C9H16OS2. The van der Waals surface area contributed by atoms with E-state index in [0.717, 1.165) is 0 Å². The maximum Gasteiger partial charge on any atom is 0.0871 e. The monoisotopic (exact) mass is 204 g/mol. The summed E-state index contributed by atoms with van der Waals surface area (Å²) in [6.07, 6.45) is 3.68. The van der Waals surface area contributed by atoms with Gasteiger partial charge in [-0.15, -0.1) is 23.5 Å². The highest BCUT2D eigenvalue weighted by molar-refractivity contribution is 8.18. The molecule has 2 aliphatic rings. The molecular weight excluding hydrogens is 188 g/mol. The minimum absolute atomic E-state index is 0.0622. The van der Waals surface area contributed by atoms with E-state index in [1.165, 1.54) is 30.8 Å². The number of hydrogen-bond acceptors (Lipinski definition) is 3. The molecule has 12 heavy (non-hydrogen) atoms. The van der Waals surface area contributed by atoms with Gasteiger partial charge in [0.1, 0.15) is 0 Å². The molecule has 70 valence electrons. The van der Waals surface area contributed by atoms with Crippen LogP contribution in [-0.2, 0) is 0 Å². The van der Waals surface area contributed by atoms with E-state index < -0.39 is 0 Å². The van der Waals surface area contributed by atoms with Crippen molar-refractivity contribution in [2.24, 2.45) is 5.92 Å². The van der Waals surface area contributed by atoms with E-state index in [1.54, 1.807) is 0 Å². The fourth-order valence-corrected chi connectivity index (χ4v) is 5.69. The van der Waals surface area contributed by atoms with Crippen LogP contribution < -0.4 is 0 Å². The van der Waals surface area contributed by atoms with Gasteiger partial charge in [0.05, 0.1) is 10.2 Å². The van der Waals surface area contributed by atoms with Crippen LogP contribution in [0.5, 0.6) is 0 Å². The summed E-state index contributed by atoms with van der Waals surface area (Å²) in [5.41, 5.74) is 0. The van der Waals surface area contributed by atoms with Gasteiger partial charge < -0.3 is 5.11 Å². The van der Waals surface area contributed by atoms with E-state index in [0.29, 0.717) is 5.92 Å². The lowest BCUT2D eigenvalue weighted by Gasteiger charge is -2.35. The molecule has 1 aliphatic heterocycles. The van der Waals surface area contributed by atoms with Crippen LogP contribution in [0, 0.1) is 5.92 Å². The molecule has 0 aromatic rings. The average Bonchev–Trinajstić information content (AvgIpc) is 2.37. The van der Waals surface area contributed by atoms with Crippen LogP contribution in [-0.4, -0.2) is 26.8 Å².